The lowest BCUT2D eigenvalue weighted by Gasteiger charge is -2.33. The van der Waals surface area contributed by atoms with Crippen LogP contribution in [-0.2, 0) is 28.8 Å². The zero-order chi connectivity index (χ0) is 66.3. The molecule has 0 bridgehead atoms. The Labute approximate surface area is 402 Å². The number of nitrogens with one attached hydrogen (secondary N) is 5. The maximum absolute atomic E-state index is 12.0. The van der Waals surface area contributed by atoms with Crippen molar-refractivity contribution < 1.29 is 59.1 Å². The van der Waals surface area contributed by atoms with Gasteiger partial charge in [0.05, 0.1) is 0 Å². The van der Waals surface area contributed by atoms with Gasteiger partial charge in [-0.2, -0.15) is 0 Å². The van der Waals surface area contributed by atoms with Crippen LogP contribution in [0.4, 0.5) is 0 Å². The van der Waals surface area contributed by atoms with Gasteiger partial charge in [0.15, 0.2) is 5.65 Å². The minimum absolute atomic E-state index is 0. The Hall–Kier alpha value is -4.02. The molecule has 11 heteroatoms. The second kappa shape index (κ2) is 22.9. The predicted octanol–water partition coefficient (Wildman–Crippen LogP) is 10.0. The van der Waals surface area contributed by atoms with E-state index in [1.165, 1.54) is 0 Å². The first-order valence-electron chi connectivity index (χ1n) is 30.4. The van der Waals surface area contributed by atoms with Crippen LogP contribution >= 0.6 is 0 Å². The van der Waals surface area contributed by atoms with Crippen LogP contribution in [0.25, 0.3) is 0 Å². The van der Waals surface area contributed by atoms with Crippen molar-refractivity contribution >= 4 is 35.4 Å². The molecule has 6 amide bonds. The molecule has 5 heterocycles. The number of amides is 6. The van der Waals surface area contributed by atoms with Crippen LogP contribution in [0.1, 0.15) is 200 Å². The van der Waals surface area contributed by atoms with Crippen LogP contribution in [0.3, 0.4) is 0 Å². The molecule has 0 aromatic heterocycles. The normalized spacial score (nSPS) is 40.0. The van der Waals surface area contributed by atoms with E-state index in [4.69, 9.17) is 30.3 Å². The molecule has 7 unspecified atom stereocenters. The summed E-state index contributed by atoms with van der Waals surface area (Å²) < 4.78 is 169. The first-order chi connectivity index (χ1) is 35.6. The summed E-state index contributed by atoms with van der Waals surface area (Å²) in [6.07, 6.45) is -21.3. The Morgan fingerprint density at radius 3 is 1.16 bits per heavy atom. The van der Waals surface area contributed by atoms with E-state index in [0.29, 0.717) is 15.9 Å². The molecule has 5 aliphatic heterocycles. The second-order valence-corrected chi connectivity index (χ2v) is 19.9. The van der Waals surface area contributed by atoms with Gasteiger partial charge in [-0.05, 0) is 84.5 Å². The lowest BCUT2D eigenvalue weighted by molar-refractivity contribution is -0.139. The molecular formula is C50H87N5O6. The van der Waals surface area contributed by atoms with E-state index in [1.807, 2.05) is 0 Å². The number of piperidine rings is 5. The van der Waals surface area contributed by atoms with Gasteiger partial charge in [0.25, 0.3) is 0 Å². The Balaban J connectivity index is 0.00000101. The van der Waals surface area contributed by atoms with Gasteiger partial charge < -0.3 is 21.2 Å². The zero-order valence-electron chi connectivity index (χ0n) is 60.1. The number of hydrogen-bond acceptors (Lipinski definition) is 6. The number of carbonyl (C=O) groups is 6. The smallest absolute Gasteiger partial charge is 0.230 e. The average molecular weight is 876 g/mol. The van der Waals surface area contributed by atoms with E-state index < -0.39 is 162 Å². The highest BCUT2D eigenvalue weighted by Crippen LogP contribution is 2.36. The van der Waals surface area contributed by atoms with Crippen molar-refractivity contribution in [3.63, 3.8) is 0 Å². The molecule has 0 saturated carbocycles. The van der Waals surface area contributed by atoms with Gasteiger partial charge in [-0.3, -0.25) is 34.1 Å². The van der Waals surface area contributed by atoms with Crippen LogP contribution in [-0.4, -0.2) is 35.4 Å². The molecule has 5 rings (SSSR count). The van der Waals surface area contributed by atoms with E-state index in [1.54, 1.807) is 104 Å². The topological polar surface area (TPSA) is 163 Å². The predicted molar refractivity (Wildman–Crippen MR) is 250 cm³/mol. The standard InChI is InChI=1S/4C10H17NO.C9H15NO2.CH4/c4*1-7-5-6-8(9(12)11-7)10(2,3)4;1-9(2,3)6-4-5-7(11)10-8(6)12;/h4*8H,1,5-6H2,2-4H3,(H,11,12);6H,4-5H2,1-3H3,(H,10,11,12);1H4/i2*5D2,6D2;5D2,6D;5D,6D2;4D2,5D2;/hD4. The summed E-state index contributed by atoms with van der Waals surface area (Å²) in [7, 11) is 0. The molecule has 7 atom stereocenters. The van der Waals surface area contributed by atoms with Crippen molar-refractivity contribution in [1.82, 2.24) is 26.6 Å². The largest absolute Gasteiger partial charge is 0.330 e. The van der Waals surface area contributed by atoms with E-state index >= 15 is 0 Å². The molecule has 5 fully saturated rings. The lowest BCUT2D eigenvalue weighted by atomic mass is 9.76. The number of carbonyl (C=O) groups excluding carboxylic acids is 6. The number of allylic oxidation sites excluding steroid dienone is 4. The average Bonchev–Trinajstić information content (AvgIpc) is 3.24. The fourth-order valence-electron chi connectivity index (χ4n) is 5.31. The van der Waals surface area contributed by atoms with Gasteiger partial charge in [-0.15, -0.1) is 0 Å². The zero-order valence-corrected chi connectivity index (χ0v) is 38.1. The summed E-state index contributed by atoms with van der Waals surface area (Å²) in [6, 6.07) is 0. The second-order valence-electron chi connectivity index (χ2n) is 19.9. The van der Waals surface area contributed by atoms with Gasteiger partial charge in [0, 0.05) is 83.4 Å². The molecule has 0 aromatic carbocycles. The molecule has 348 valence electrons. The third kappa shape index (κ3) is 19.7. The van der Waals surface area contributed by atoms with Gasteiger partial charge in [0.1, 0.15) is 0 Å². The third-order valence-electron chi connectivity index (χ3n) is 8.78. The van der Waals surface area contributed by atoms with Crippen LogP contribution < -0.4 is 26.6 Å². The van der Waals surface area contributed by atoms with Crippen molar-refractivity contribution in [3.8, 4) is 0 Å². The summed E-state index contributed by atoms with van der Waals surface area (Å²) in [5, 5.41) is 3.73. The fourth-order valence-corrected chi connectivity index (χ4v) is 5.31. The summed E-state index contributed by atoms with van der Waals surface area (Å²) in [6.45, 7) is 38.9. The summed E-state index contributed by atoms with van der Waals surface area (Å²) in [5.74, 6) is -10.3. The Morgan fingerprint density at radius 1 is 0.426 bits per heavy atom. The van der Waals surface area contributed by atoms with E-state index in [0.717, 1.165) is 0 Å². The molecule has 0 radical (unpaired) electrons. The first-order valence-corrected chi connectivity index (χ1v) is 19.4. The van der Waals surface area contributed by atoms with Crippen molar-refractivity contribution in [2.45, 2.75) is 175 Å². The first kappa shape index (κ1) is 29.4. The van der Waals surface area contributed by atoms with E-state index in [2.05, 4.69) is 31.6 Å². The Morgan fingerprint density at radius 2 is 0.738 bits per heavy atom. The third-order valence-corrected chi connectivity index (χ3v) is 8.78. The van der Waals surface area contributed by atoms with Crippen molar-refractivity contribution in [2.24, 2.45) is 56.7 Å². The SMILES string of the molecule is C.[2H]C1([2H])C(=C)NC(=O)C(C(C)(C)C)C1([2H])[2H].[2H]C1C(=C)N([2H])C(=O)C(C(C)(C)C)C1([2H])[2H].[2H]C1C(C(C)(C)C)C(=O)N([2H])C(=C)C1([2H])[2H].[2H]N1C(=C)C([2H])([2H])C([2H])([2H])C(C(C)(C)C)C1=O.[2H]N1C(=O)C(C(C)(C)C)C([2H])([2H])C([2H])([2H])C1=O. The van der Waals surface area contributed by atoms with Crippen LogP contribution in [0, 0.1) is 56.7 Å². The quantitative estimate of drug-likeness (QED) is 0.152. The molecule has 0 aliphatic carbocycles. The van der Waals surface area contributed by atoms with Gasteiger partial charge in [0.2, 0.25) is 35.4 Å². The van der Waals surface area contributed by atoms with Gasteiger partial charge in [-0.1, -0.05) is 138 Å². The van der Waals surface area contributed by atoms with Crippen LogP contribution in [0.15, 0.2) is 49.1 Å². The fraction of sp³-hybridized carbons (Fsp3) is 0.720. The molecule has 61 heavy (non-hydrogen) atoms. The maximum Gasteiger partial charge on any atom is 0.230 e. The lowest BCUT2D eigenvalue weighted by Crippen LogP contribution is -2.45. The van der Waals surface area contributed by atoms with Crippen LogP contribution in [0.2, 0.25) is 5.65 Å². The summed E-state index contributed by atoms with van der Waals surface area (Å²) >= 11 is 0. The molecular weight excluding hydrogens is 767 g/mol. The number of rotatable bonds is 0. The Bertz CT molecular complexity index is 2470. The summed E-state index contributed by atoms with van der Waals surface area (Å²) in [4.78, 5) is 70.7. The number of imide groups is 1. The highest BCUT2D eigenvalue weighted by atomic mass is 16.2. The molecule has 0 aromatic rings. The minimum atomic E-state index is -2.87. The molecule has 0 spiro atoms. The van der Waals surface area contributed by atoms with Gasteiger partial charge in [-0.25, -0.2) is 0 Å². The highest BCUT2D eigenvalue weighted by molar-refractivity contribution is 5.98. The molecule has 5 saturated heterocycles. The molecule has 11 nitrogen and oxygen atoms in total. The van der Waals surface area contributed by atoms with E-state index in [-0.39, 0.29) is 29.8 Å². The Kier molecular flexibility index (Phi) is 11.0. The van der Waals surface area contributed by atoms with Crippen molar-refractivity contribution in [1.29, 1.82) is 0 Å². The molecule has 5 N–H and O–H groups in total. The van der Waals surface area contributed by atoms with E-state index in [9.17, 15) is 28.8 Å². The molecule has 5 aliphatic rings. The van der Waals surface area contributed by atoms with Gasteiger partial charge >= 0.3 is 0 Å². The number of hydrogen-bond donors (Lipinski definition) is 5. The van der Waals surface area contributed by atoms with Crippen LogP contribution in [0.5, 0.6) is 0 Å². The van der Waals surface area contributed by atoms with Crippen molar-refractivity contribution in [2.75, 3.05) is 0 Å². The minimum Gasteiger partial charge on any atom is -0.330 e. The monoisotopic (exact) mass is 876 g/mol. The summed E-state index contributed by atoms with van der Waals surface area (Å²) in [5.41, 5.74) is -4.48. The maximum atomic E-state index is 12.0. The highest BCUT2D eigenvalue weighted by Gasteiger charge is 2.37. The van der Waals surface area contributed by atoms with Crippen molar-refractivity contribution in [3.05, 3.63) is 49.1 Å².